The monoisotopic (exact) mass is 261 g/mol. The third-order valence-corrected chi connectivity index (χ3v) is 3.28. The van der Waals surface area contributed by atoms with Gasteiger partial charge in [-0.3, -0.25) is 4.79 Å². The Balaban J connectivity index is 1.96. The lowest BCUT2D eigenvalue weighted by atomic mass is 10.1. The van der Waals surface area contributed by atoms with Crippen LogP contribution in [0.1, 0.15) is 12.5 Å². The second kappa shape index (κ2) is 5.84. The van der Waals surface area contributed by atoms with Crippen molar-refractivity contribution in [1.82, 2.24) is 9.88 Å². The number of nitrogens with zero attached hydrogens (tertiary/aromatic N) is 2. The maximum absolute atomic E-state index is 11.9. The number of oxazole rings is 1. The largest absolute Gasteiger partial charge is 0.443 e. The van der Waals surface area contributed by atoms with E-state index in [4.69, 9.17) is 10.2 Å². The number of aromatic nitrogens is 1. The molecule has 5 heteroatoms. The molecular formula is C14H19N3O2. The molecule has 1 aromatic heterocycles. The molecule has 1 atom stereocenters. The number of fused-ring (bicyclic) bond motifs is 1. The van der Waals surface area contributed by atoms with Crippen LogP contribution in [-0.2, 0) is 11.2 Å². The lowest BCUT2D eigenvalue weighted by Gasteiger charge is -2.20. The predicted octanol–water partition coefficient (Wildman–Crippen LogP) is 1.42. The second-order valence-electron chi connectivity index (χ2n) is 4.80. The molecule has 0 fully saturated rings. The fourth-order valence-electron chi connectivity index (χ4n) is 1.94. The Morgan fingerprint density at radius 3 is 3.05 bits per heavy atom. The van der Waals surface area contributed by atoms with Gasteiger partial charge in [-0.05, 0) is 24.1 Å². The summed E-state index contributed by atoms with van der Waals surface area (Å²) in [5.41, 5.74) is 8.26. The molecule has 2 N–H and O–H groups in total. The molecule has 0 bridgehead atoms. The van der Waals surface area contributed by atoms with Crippen molar-refractivity contribution in [2.45, 2.75) is 13.3 Å². The summed E-state index contributed by atoms with van der Waals surface area (Å²) in [5, 5.41) is 0. The van der Waals surface area contributed by atoms with Gasteiger partial charge >= 0.3 is 0 Å². The topological polar surface area (TPSA) is 72.4 Å². The van der Waals surface area contributed by atoms with Gasteiger partial charge in [0.15, 0.2) is 12.0 Å². The van der Waals surface area contributed by atoms with Crippen LogP contribution in [0.25, 0.3) is 11.1 Å². The Morgan fingerprint density at radius 1 is 1.53 bits per heavy atom. The first-order valence-electron chi connectivity index (χ1n) is 6.39. The molecule has 2 rings (SSSR count). The lowest BCUT2D eigenvalue weighted by molar-refractivity contribution is -0.133. The Kier molecular flexibility index (Phi) is 4.16. The zero-order valence-corrected chi connectivity index (χ0v) is 11.3. The second-order valence-corrected chi connectivity index (χ2v) is 4.80. The number of amides is 1. The summed E-state index contributed by atoms with van der Waals surface area (Å²) in [4.78, 5) is 17.7. The highest BCUT2D eigenvalue weighted by atomic mass is 16.3. The van der Waals surface area contributed by atoms with Crippen molar-refractivity contribution >= 4 is 17.0 Å². The van der Waals surface area contributed by atoms with Crippen LogP contribution in [0.2, 0.25) is 0 Å². The van der Waals surface area contributed by atoms with E-state index in [1.165, 1.54) is 6.39 Å². The molecule has 0 saturated carbocycles. The van der Waals surface area contributed by atoms with Crippen molar-refractivity contribution in [3.8, 4) is 0 Å². The molecule has 0 aliphatic rings. The number of benzene rings is 1. The van der Waals surface area contributed by atoms with Crippen LogP contribution in [0.15, 0.2) is 29.0 Å². The molecule has 0 radical (unpaired) electrons. The fraction of sp³-hybridized carbons (Fsp3) is 0.429. The van der Waals surface area contributed by atoms with Gasteiger partial charge in [-0.1, -0.05) is 13.0 Å². The van der Waals surface area contributed by atoms with Crippen molar-refractivity contribution in [2.24, 2.45) is 11.7 Å². The van der Waals surface area contributed by atoms with Gasteiger partial charge in [0.05, 0.1) is 0 Å². The zero-order chi connectivity index (χ0) is 13.8. The minimum Gasteiger partial charge on any atom is -0.443 e. The molecule has 2 aromatic rings. The molecule has 1 amide bonds. The Hall–Kier alpha value is -1.88. The highest BCUT2D eigenvalue weighted by Crippen LogP contribution is 2.15. The van der Waals surface area contributed by atoms with Crippen LogP contribution in [0, 0.1) is 5.92 Å². The summed E-state index contributed by atoms with van der Waals surface area (Å²) in [6, 6.07) is 5.90. The molecule has 19 heavy (non-hydrogen) atoms. The standard InChI is InChI=1S/C14H19N3O2/c1-10(8-15)14(18)17(2)6-5-11-3-4-12-13(7-11)19-9-16-12/h3-4,7,9-10H,5-6,8,15H2,1-2H3. The van der Waals surface area contributed by atoms with Crippen LogP contribution in [-0.4, -0.2) is 35.9 Å². The number of hydrogen-bond acceptors (Lipinski definition) is 4. The van der Waals surface area contributed by atoms with E-state index < -0.39 is 0 Å². The smallest absolute Gasteiger partial charge is 0.226 e. The third-order valence-electron chi connectivity index (χ3n) is 3.28. The van der Waals surface area contributed by atoms with Gasteiger partial charge in [0.1, 0.15) is 5.52 Å². The first kappa shape index (κ1) is 13.5. The van der Waals surface area contributed by atoms with E-state index in [1.54, 1.807) is 4.90 Å². The summed E-state index contributed by atoms with van der Waals surface area (Å²) >= 11 is 0. The fourth-order valence-corrected chi connectivity index (χ4v) is 1.94. The van der Waals surface area contributed by atoms with E-state index in [0.29, 0.717) is 13.1 Å². The summed E-state index contributed by atoms with van der Waals surface area (Å²) in [6.07, 6.45) is 2.23. The van der Waals surface area contributed by atoms with E-state index >= 15 is 0 Å². The number of carbonyl (C=O) groups excluding carboxylic acids is 1. The van der Waals surface area contributed by atoms with Crippen molar-refractivity contribution < 1.29 is 9.21 Å². The molecule has 0 spiro atoms. The van der Waals surface area contributed by atoms with Gasteiger partial charge in [0, 0.05) is 26.1 Å². The number of likely N-dealkylation sites (N-methyl/N-ethyl adjacent to an activating group) is 1. The zero-order valence-electron chi connectivity index (χ0n) is 11.3. The van der Waals surface area contributed by atoms with Gasteiger partial charge in [-0.15, -0.1) is 0 Å². The normalized spacial score (nSPS) is 12.6. The van der Waals surface area contributed by atoms with E-state index in [-0.39, 0.29) is 11.8 Å². The van der Waals surface area contributed by atoms with Crippen molar-refractivity contribution in [3.63, 3.8) is 0 Å². The molecule has 1 unspecified atom stereocenters. The SMILES string of the molecule is CC(CN)C(=O)N(C)CCc1ccc2ncoc2c1. The van der Waals surface area contributed by atoms with Crippen LogP contribution in [0.4, 0.5) is 0 Å². The lowest BCUT2D eigenvalue weighted by Crippen LogP contribution is -2.36. The third kappa shape index (κ3) is 3.12. The molecule has 102 valence electrons. The maximum Gasteiger partial charge on any atom is 0.226 e. The van der Waals surface area contributed by atoms with Crippen LogP contribution < -0.4 is 5.73 Å². The van der Waals surface area contributed by atoms with Crippen LogP contribution in [0.3, 0.4) is 0 Å². The number of nitrogens with two attached hydrogens (primary N) is 1. The Morgan fingerprint density at radius 2 is 2.32 bits per heavy atom. The quantitative estimate of drug-likeness (QED) is 0.883. The van der Waals surface area contributed by atoms with Gasteiger partial charge in [-0.2, -0.15) is 0 Å². The van der Waals surface area contributed by atoms with E-state index in [1.807, 2.05) is 32.2 Å². The van der Waals surface area contributed by atoms with Crippen molar-refractivity contribution in [1.29, 1.82) is 0 Å². The van der Waals surface area contributed by atoms with E-state index in [9.17, 15) is 4.79 Å². The number of carbonyl (C=O) groups is 1. The molecule has 1 heterocycles. The van der Waals surface area contributed by atoms with Crippen molar-refractivity contribution in [3.05, 3.63) is 30.2 Å². The maximum atomic E-state index is 11.9. The van der Waals surface area contributed by atoms with Crippen LogP contribution >= 0.6 is 0 Å². The van der Waals surface area contributed by atoms with Gasteiger partial charge in [-0.25, -0.2) is 4.98 Å². The minimum absolute atomic E-state index is 0.0863. The van der Waals surface area contributed by atoms with Gasteiger partial charge in [0.25, 0.3) is 0 Å². The highest BCUT2D eigenvalue weighted by molar-refractivity contribution is 5.78. The first-order valence-corrected chi connectivity index (χ1v) is 6.39. The average Bonchev–Trinajstić information content (AvgIpc) is 2.90. The molecule has 1 aromatic carbocycles. The van der Waals surface area contributed by atoms with Crippen molar-refractivity contribution in [2.75, 3.05) is 20.1 Å². The first-order chi connectivity index (χ1) is 9.11. The summed E-state index contributed by atoms with van der Waals surface area (Å²) in [6.45, 7) is 2.90. The highest BCUT2D eigenvalue weighted by Gasteiger charge is 2.15. The summed E-state index contributed by atoms with van der Waals surface area (Å²) in [7, 11) is 1.81. The van der Waals surface area contributed by atoms with Crippen LogP contribution in [0.5, 0.6) is 0 Å². The van der Waals surface area contributed by atoms with Gasteiger partial charge in [0.2, 0.25) is 5.91 Å². The molecular weight excluding hydrogens is 242 g/mol. The molecule has 5 nitrogen and oxygen atoms in total. The van der Waals surface area contributed by atoms with E-state index in [0.717, 1.165) is 23.1 Å². The summed E-state index contributed by atoms with van der Waals surface area (Å²) < 4.78 is 5.26. The Labute approximate surface area is 112 Å². The van der Waals surface area contributed by atoms with Gasteiger partial charge < -0.3 is 15.1 Å². The summed E-state index contributed by atoms with van der Waals surface area (Å²) in [5.74, 6) is -0.0370. The minimum atomic E-state index is -0.123. The predicted molar refractivity (Wildman–Crippen MR) is 73.6 cm³/mol. The molecule has 0 saturated heterocycles. The average molecular weight is 261 g/mol. The molecule has 0 aliphatic carbocycles. The van der Waals surface area contributed by atoms with E-state index in [2.05, 4.69) is 4.98 Å². The number of rotatable bonds is 5. The Bertz CT molecular complexity index is 565. The molecule has 0 aliphatic heterocycles. The number of hydrogen-bond donors (Lipinski definition) is 1.